The fourth-order valence-corrected chi connectivity index (χ4v) is 6.85. The quantitative estimate of drug-likeness (QED) is 0.297. The van der Waals surface area contributed by atoms with E-state index < -0.39 is 0 Å². The molecule has 1 aliphatic rings. The highest BCUT2D eigenvalue weighted by atomic mass is 32.9. The maximum Gasteiger partial charge on any atom is 0.120 e. The summed E-state index contributed by atoms with van der Waals surface area (Å²) in [5.41, 5.74) is 3.49. The molecule has 3 rings (SSSR count). The average Bonchev–Trinajstić information content (AvgIpc) is 3.09. The van der Waals surface area contributed by atoms with Crippen LogP contribution in [0.5, 0.6) is 5.75 Å². The first-order valence-electron chi connectivity index (χ1n) is 10.6. The lowest BCUT2D eigenvalue weighted by molar-refractivity contribution is 0.108. The lowest BCUT2D eigenvalue weighted by Gasteiger charge is -2.34. The van der Waals surface area contributed by atoms with Crippen LogP contribution in [-0.4, -0.2) is 59.3 Å². The number of aliphatic hydroxyl groups is 1. The molecule has 1 aromatic carbocycles. The highest BCUT2D eigenvalue weighted by Gasteiger charge is 2.18. The van der Waals surface area contributed by atoms with Crippen LogP contribution in [0.1, 0.15) is 43.7 Å². The molecule has 160 valence electrons. The highest BCUT2D eigenvalue weighted by Crippen LogP contribution is 2.37. The number of phenolic OH excluding ortho intramolecular Hbond substituents is 1. The number of hydrogen-bond donors (Lipinski definition) is 2. The Balaban J connectivity index is 1.70. The van der Waals surface area contributed by atoms with E-state index in [-0.39, 0.29) is 6.61 Å². The minimum atomic E-state index is 0.219. The summed E-state index contributed by atoms with van der Waals surface area (Å²) in [5, 5.41) is 19.5. The normalized spacial score (nSPS) is 15.8. The minimum Gasteiger partial charge on any atom is -0.508 e. The van der Waals surface area contributed by atoms with Crippen LogP contribution in [-0.2, 0) is 13.0 Å². The maximum absolute atomic E-state index is 10.4. The van der Waals surface area contributed by atoms with Gasteiger partial charge in [0.25, 0.3) is 0 Å². The van der Waals surface area contributed by atoms with Gasteiger partial charge in [-0.15, -0.1) is 0 Å². The molecule has 1 saturated heterocycles. The van der Waals surface area contributed by atoms with Crippen LogP contribution in [0.3, 0.4) is 0 Å². The van der Waals surface area contributed by atoms with Crippen molar-refractivity contribution in [1.82, 2.24) is 9.80 Å². The van der Waals surface area contributed by atoms with Crippen molar-refractivity contribution in [1.29, 1.82) is 0 Å². The van der Waals surface area contributed by atoms with Crippen LogP contribution in [0, 0.1) is 3.82 Å². The molecule has 0 amide bonds. The molecule has 0 radical (unpaired) electrons. The Bertz CT molecular complexity index is 826. The third-order valence-electron chi connectivity index (χ3n) is 5.62. The molecule has 0 aliphatic carbocycles. The number of rotatable bonds is 10. The van der Waals surface area contributed by atoms with Crippen LogP contribution >= 0.6 is 32.9 Å². The van der Waals surface area contributed by atoms with Crippen LogP contribution in [0.2, 0.25) is 0 Å². The van der Waals surface area contributed by atoms with Gasteiger partial charge in [0, 0.05) is 44.8 Å². The number of unbranched alkanes of at least 4 members (excludes halogenated alkanes) is 3. The Labute approximate surface area is 186 Å². The number of nitrogens with zero attached hydrogens (tertiary/aromatic N) is 2. The Hall–Kier alpha value is -0.830. The standard InChI is InChI=1S/C22H32N2O2S3/c1-2-3-4-5-6-19-21(28-29-22(19)27)17-7-8-20(26)18(15-17)16-24-11-9-23(10-12-24)13-14-25/h7-8,15,25-26H,2-6,9-14,16H2,1H3. The fourth-order valence-electron chi connectivity index (χ4n) is 3.85. The lowest BCUT2D eigenvalue weighted by Crippen LogP contribution is -2.46. The first-order chi connectivity index (χ1) is 14.1. The summed E-state index contributed by atoms with van der Waals surface area (Å²) < 4.78 is 1.02. The molecule has 0 saturated carbocycles. The van der Waals surface area contributed by atoms with Crippen molar-refractivity contribution in [2.45, 2.75) is 45.6 Å². The molecule has 0 bridgehead atoms. The number of aliphatic hydroxyl groups excluding tert-OH is 1. The van der Waals surface area contributed by atoms with Gasteiger partial charge in [-0.3, -0.25) is 9.80 Å². The summed E-state index contributed by atoms with van der Waals surface area (Å²) >= 11 is 5.62. The number of β-amino-alcohol motifs (C(OH)–C–C–N with tert-alkyl or cyclic N) is 1. The molecule has 1 fully saturated rings. The van der Waals surface area contributed by atoms with Crippen LogP contribution in [0.15, 0.2) is 18.2 Å². The van der Waals surface area contributed by atoms with Gasteiger partial charge >= 0.3 is 0 Å². The van der Waals surface area contributed by atoms with Crippen molar-refractivity contribution in [3.8, 4) is 16.2 Å². The first kappa shape index (κ1) is 22.8. The van der Waals surface area contributed by atoms with E-state index in [4.69, 9.17) is 17.3 Å². The van der Waals surface area contributed by atoms with Gasteiger partial charge in [0.2, 0.25) is 0 Å². The van der Waals surface area contributed by atoms with Crippen LogP contribution in [0.4, 0.5) is 0 Å². The van der Waals surface area contributed by atoms with E-state index in [0.29, 0.717) is 5.75 Å². The molecule has 2 heterocycles. The third kappa shape index (κ3) is 6.32. The van der Waals surface area contributed by atoms with E-state index in [1.165, 1.54) is 41.7 Å². The molecule has 0 atom stereocenters. The molecule has 7 heteroatoms. The zero-order valence-electron chi connectivity index (χ0n) is 17.2. The third-order valence-corrected chi connectivity index (χ3v) is 8.81. The van der Waals surface area contributed by atoms with E-state index in [1.807, 2.05) is 12.1 Å². The molecule has 4 nitrogen and oxygen atoms in total. The average molecular weight is 453 g/mol. The Morgan fingerprint density at radius 3 is 2.52 bits per heavy atom. The molecule has 0 spiro atoms. The molecular weight excluding hydrogens is 420 g/mol. The summed E-state index contributed by atoms with van der Waals surface area (Å²) in [7, 11) is 3.47. The summed E-state index contributed by atoms with van der Waals surface area (Å²) in [6, 6.07) is 6.01. The summed E-state index contributed by atoms with van der Waals surface area (Å²) in [6.07, 6.45) is 6.03. The molecule has 1 aromatic heterocycles. The van der Waals surface area contributed by atoms with Crippen molar-refractivity contribution in [2.75, 3.05) is 39.3 Å². The monoisotopic (exact) mass is 452 g/mol. The second-order valence-corrected chi connectivity index (χ2v) is 10.6. The highest BCUT2D eigenvalue weighted by molar-refractivity contribution is 7.80. The zero-order valence-corrected chi connectivity index (χ0v) is 19.7. The maximum atomic E-state index is 10.4. The Morgan fingerprint density at radius 1 is 1.03 bits per heavy atom. The Kier molecular flexibility index (Phi) is 9.08. The molecule has 2 N–H and O–H groups in total. The molecule has 2 aromatic rings. The second kappa shape index (κ2) is 11.5. The van der Waals surface area contributed by atoms with Gasteiger partial charge in [-0.2, -0.15) is 0 Å². The van der Waals surface area contributed by atoms with E-state index >= 15 is 0 Å². The molecule has 0 unspecified atom stereocenters. The number of hydrogen-bond acceptors (Lipinski definition) is 7. The van der Waals surface area contributed by atoms with Gasteiger partial charge in [-0.25, -0.2) is 0 Å². The van der Waals surface area contributed by atoms with Crippen molar-refractivity contribution < 1.29 is 10.2 Å². The Morgan fingerprint density at radius 2 is 1.79 bits per heavy atom. The van der Waals surface area contributed by atoms with Crippen LogP contribution in [0.25, 0.3) is 10.4 Å². The molecule has 29 heavy (non-hydrogen) atoms. The lowest BCUT2D eigenvalue weighted by atomic mass is 10.0. The van der Waals surface area contributed by atoms with E-state index in [9.17, 15) is 5.11 Å². The zero-order chi connectivity index (χ0) is 20.6. The van der Waals surface area contributed by atoms with Crippen molar-refractivity contribution in [3.63, 3.8) is 0 Å². The summed E-state index contributed by atoms with van der Waals surface area (Å²) in [6.45, 7) is 7.82. The molecular formula is C22H32N2O2S3. The van der Waals surface area contributed by atoms with Crippen molar-refractivity contribution >= 4 is 32.9 Å². The fraction of sp³-hybridized carbons (Fsp3) is 0.591. The number of phenols is 1. The van der Waals surface area contributed by atoms with E-state index in [0.717, 1.165) is 55.1 Å². The summed E-state index contributed by atoms with van der Waals surface area (Å²) in [4.78, 5) is 5.95. The van der Waals surface area contributed by atoms with Gasteiger partial charge < -0.3 is 10.2 Å². The van der Waals surface area contributed by atoms with Gasteiger partial charge in [-0.05, 0) is 42.2 Å². The van der Waals surface area contributed by atoms with E-state index in [2.05, 4.69) is 22.8 Å². The number of benzene rings is 1. The smallest absolute Gasteiger partial charge is 0.120 e. The number of aromatic hydroxyl groups is 1. The van der Waals surface area contributed by atoms with Gasteiger partial charge in [0.05, 0.1) is 11.5 Å². The number of piperazine rings is 1. The predicted octanol–water partition coefficient (Wildman–Crippen LogP) is 5.14. The second-order valence-electron chi connectivity index (χ2n) is 7.76. The van der Waals surface area contributed by atoms with Crippen LogP contribution < -0.4 is 0 Å². The van der Waals surface area contributed by atoms with Gasteiger partial charge in [0.15, 0.2) is 0 Å². The summed E-state index contributed by atoms with van der Waals surface area (Å²) in [5.74, 6) is 0.370. The minimum absolute atomic E-state index is 0.219. The van der Waals surface area contributed by atoms with Crippen molar-refractivity contribution in [2.24, 2.45) is 0 Å². The largest absolute Gasteiger partial charge is 0.508 e. The SMILES string of the molecule is CCCCCCc1c(-c2ccc(O)c(CN3CCN(CCO)CC3)c2)ssc1=S. The van der Waals surface area contributed by atoms with Crippen molar-refractivity contribution in [3.05, 3.63) is 33.1 Å². The van der Waals surface area contributed by atoms with Gasteiger partial charge in [0.1, 0.15) is 9.57 Å². The molecule has 1 aliphatic heterocycles. The topological polar surface area (TPSA) is 46.9 Å². The van der Waals surface area contributed by atoms with Gasteiger partial charge in [-0.1, -0.05) is 59.1 Å². The first-order valence-corrected chi connectivity index (χ1v) is 13.2. The predicted molar refractivity (Wildman–Crippen MR) is 127 cm³/mol. The van der Waals surface area contributed by atoms with E-state index in [1.54, 1.807) is 20.7 Å².